The molecule has 222 valence electrons. The van der Waals surface area contributed by atoms with Gasteiger partial charge in [0.2, 0.25) is 17.4 Å². The first kappa shape index (κ1) is 29.6. The van der Waals surface area contributed by atoms with Gasteiger partial charge in [0, 0.05) is 6.07 Å². The zero-order valence-electron chi connectivity index (χ0n) is 23.4. The van der Waals surface area contributed by atoms with E-state index in [0.717, 1.165) is 5.56 Å². The number of nitrogens with zero attached hydrogens (tertiary/aromatic N) is 2. The van der Waals surface area contributed by atoms with Gasteiger partial charge in [-0.3, -0.25) is 0 Å². The maximum atomic E-state index is 15.5. The summed E-state index contributed by atoms with van der Waals surface area (Å²) in [4.78, 5) is 3.29. The highest BCUT2D eigenvalue weighted by Gasteiger charge is 2.50. The SMILES string of the molecule is CC1(C)OCC(C2OC(C)(C)OC2COc2c(F)c(F)nc(Oc3cc(C#N)ccc3OCc3ccccc3)c2F)O1. The third-order valence-electron chi connectivity index (χ3n) is 6.49. The molecule has 2 aliphatic heterocycles. The van der Waals surface area contributed by atoms with Gasteiger partial charge in [0.1, 0.15) is 31.5 Å². The lowest BCUT2D eigenvalue weighted by molar-refractivity contribution is -0.174. The van der Waals surface area contributed by atoms with E-state index in [1.54, 1.807) is 27.7 Å². The molecule has 0 aliphatic carbocycles. The Bertz CT molecular complexity index is 1480. The molecule has 1 aromatic heterocycles. The largest absolute Gasteiger partial charge is 0.485 e. The predicted octanol–water partition coefficient (Wildman–Crippen LogP) is 5.79. The molecule has 0 radical (unpaired) electrons. The van der Waals surface area contributed by atoms with Gasteiger partial charge in [-0.25, -0.2) is 0 Å². The predicted molar refractivity (Wildman–Crippen MR) is 140 cm³/mol. The molecule has 0 saturated carbocycles. The fourth-order valence-corrected chi connectivity index (χ4v) is 4.63. The Balaban J connectivity index is 1.37. The smallest absolute Gasteiger partial charge is 0.262 e. The van der Waals surface area contributed by atoms with Crippen molar-refractivity contribution < 1.29 is 46.3 Å². The van der Waals surface area contributed by atoms with E-state index in [4.69, 9.17) is 33.2 Å². The lowest BCUT2D eigenvalue weighted by Gasteiger charge is -2.24. The summed E-state index contributed by atoms with van der Waals surface area (Å²) in [6.07, 6.45) is -2.08. The van der Waals surface area contributed by atoms with E-state index in [1.807, 2.05) is 36.4 Å². The van der Waals surface area contributed by atoms with Crippen molar-refractivity contribution in [1.82, 2.24) is 4.98 Å². The van der Waals surface area contributed by atoms with E-state index in [9.17, 15) is 14.0 Å². The number of rotatable bonds is 9. The Labute approximate surface area is 240 Å². The number of halogens is 3. The number of benzene rings is 2. The number of ether oxygens (including phenoxy) is 7. The van der Waals surface area contributed by atoms with Crippen molar-refractivity contribution in [3.8, 4) is 29.2 Å². The molecule has 3 atom stereocenters. The second-order valence-corrected chi connectivity index (χ2v) is 10.6. The zero-order valence-corrected chi connectivity index (χ0v) is 23.4. The van der Waals surface area contributed by atoms with Gasteiger partial charge in [0.05, 0.1) is 18.2 Å². The molecule has 2 fully saturated rings. The van der Waals surface area contributed by atoms with Crippen LogP contribution in [0.25, 0.3) is 0 Å². The summed E-state index contributed by atoms with van der Waals surface area (Å²) in [5.74, 6) is -8.60. The van der Waals surface area contributed by atoms with Crippen molar-refractivity contribution in [2.75, 3.05) is 13.2 Å². The Hall–Kier alpha value is -3.89. The first-order chi connectivity index (χ1) is 19.9. The van der Waals surface area contributed by atoms with Gasteiger partial charge in [-0.15, -0.1) is 0 Å². The maximum Gasteiger partial charge on any atom is 0.262 e. The Morgan fingerprint density at radius 1 is 0.929 bits per heavy atom. The van der Waals surface area contributed by atoms with Gasteiger partial charge in [-0.05, 0) is 45.4 Å². The van der Waals surface area contributed by atoms with Crippen LogP contribution in [0.15, 0.2) is 48.5 Å². The molecule has 2 aromatic carbocycles. The highest BCUT2D eigenvalue weighted by molar-refractivity contribution is 5.49. The Morgan fingerprint density at radius 3 is 2.38 bits per heavy atom. The van der Waals surface area contributed by atoms with Gasteiger partial charge in [0.15, 0.2) is 23.1 Å². The second kappa shape index (κ2) is 11.8. The van der Waals surface area contributed by atoms with Crippen molar-refractivity contribution in [1.29, 1.82) is 5.26 Å². The third-order valence-corrected chi connectivity index (χ3v) is 6.49. The summed E-state index contributed by atoms with van der Waals surface area (Å²) in [7, 11) is 0. The molecule has 0 spiro atoms. The Kier molecular flexibility index (Phi) is 8.30. The second-order valence-electron chi connectivity index (χ2n) is 10.6. The van der Waals surface area contributed by atoms with E-state index in [-0.39, 0.29) is 30.3 Å². The fourth-order valence-electron chi connectivity index (χ4n) is 4.63. The standard InChI is InChI=1S/C30H29F3N2O7/c1-29(2)38-16-22(40-29)25-21(41-30(3,4)42-25)15-37-26-23(31)27(33)35-28(24(26)32)39-20-12-18(13-34)10-11-19(20)36-14-17-8-6-5-7-9-17/h5-12,21-22,25H,14-16H2,1-4H3. The molecular weight excluding hydrogens is 557 g/mol. The topological polar surface area (TPSA) is 101 Å². The number of hydrogen-bond acceptors (Lipinski definition) is 9. The van der Waals surface area contributed by atoms with Crippen LogP contribution < -0.4 is 14.2 Å². The summed E-state index contributed by atoms with van der Waals surface area (Å²) in [6, 6.07) is 15.3. The van der Waals surface area contributed by atoms with E-state index < -0.39 is 65.7 Å². The lowest BCUT2D eigenvalue weighted by Crippen LogP contribution is -2.41. The molecule has 2 aliphatic rings. The van der Waals surface area contributed by atoms with Gasteiger partial charge in [-0.2, -0.15) is 23.4 Å². The van der Waals surface area contributed by atoms with Crippen LogP contribution in [0.3, 0.4) is 0 Å². The van der Waals surface area contributed by atoms with E-state index in [0.29, 0.717) is 0 Å². The van der Waals surface area contributed by atoms with Crippen LogP contribution in [-0.4, -0.2) is 48.1 Å². The Morgan fingerprint density at radius 2 is 1.69 bits per heavy atom. The average molecular weight is 587 g/mol. The molecule has 0 bridgehead atoms. The molecule has 9 nitrogen and oxygen atoms in total. The minimum atomic E-state index is -1.65. The minimum absolute atomic E-state index is 0.120. The van der Waals surface area contributed by atoms with E-state index >= 15 is 4.39 Å². The minimum Gasteiger partial charge on any atom is -0.485 e. The normalized spacial score (nSPS) is 22.5. The lowest BCUT2D eigenvalue weighted by atomic mass is 10.1. The molecule has 3 heterocycles. The number of hydrogen-bond donors (Lipinski definition) is 0. The fraction of sp³-hybridized carbons (Fsp3) is 0.400. The zero-order chi connectivity index (χ0) is 30.1. The number of pyridine rings is 1. The molecule has 5 rings (SSSR count). The molecule has 3 aromatic rings. The van der Waals surface area contributed by atoms with E-state index in [1.165, 1.54) is 18.2 Å². The van der Waals surface area contributed by atoms with Gasteiger partial charge >= 0.3 is 0 Å². The summed E-state index contributed by atoms with van der Waals surface area (Å²) in [5.41, 5.74) is 0.989. The quantitative estimate of drug-likeness (QED) is 0.288. The summed E-state index contributed by atoms with van der Waals surface area (Å²) >= 11 is 0. The highest BCUT2D eigenvalue weighted by atomic mass is 19.2. The van der Waals surface area contributed by atoms with Crippen molar-refractivity contribution >= 4 is 0 Å². The van der Waals surface area contributed by atoms with Crippen LogP contribution in [0.2, 0.25) is 0 Å². The molecule has 2 saturated heterocycles. The van der Waals surface area contributed by atoms with Gasteiger partial charge in [0.25, 0.3) is 11.8 Å². The summed E-state index contributed by atoms with van der Waals surface area (Å²) in [5, 5.41) is 9.34. The number of nitriles is 1. The molecule has 0 N–H and O–H groups in total. The average Bonchev–Trinajstić information content (AvgIpc) is 3.48. The molecular formula is C30H29F3N2O7. The van der Waals surface area contributed by atoms with Crippen LogP contribution in [0.1, 0.15) is 38.8 Å². The van der Waals surface area contributed by atoms with Crippen LogP contribution in [0, 0.1) is 28.9 Å². The van der Waals surface area contributed by atoms with E-state index in [2.05, 4.69) is 4.98 Å². The van der Waals surface area contributed by atoms with Crippen molar-refractivity contribution in [3.63, 3.8) is 0 Å². The first-order valence-electron chi connectivity index (χ1n) is 13.2. The van der Waals surface area contributed by atoms with Crippen molar-refractivity contribution in [2.24, 2.45) is 0 Å². The number of aromatic nitrogens is 1. The van der Waals surface area contributed by atoms with Crippen LogP contribution in [-0.2, 0) is 25.6 Å². The molecule has 12 heteroatoms. The molecule has 42 heavy (non-hydrogen) atoms. The van der Waals surface area contributed by atoms with Gasteiger partial charge < -0.3 is 33.2 Å². The van der Waals surface area contributed by atoms with Crippen LogP contribution >= 0.6 is 0 Å². The maximum absolute atomic E-state index is 15.5. The summed E-state index contributed by atoms with van der Waals surface area (Å²) < 4.78 is 85.0. The third kappa shape index (κ3) is 6.60. The van der Waals surface area contributed by atoms with Crippen molar-refractivity contribution in [3.05, 3.63) is 77.2 Å². The first-order valence-corrected chi connectivity index (χ1v) is 13.2. The van der Waals surface area contributed by atoms with Crippen LogP contribution in [0.5, 0.6) is 23.1 Å². The monoisotopic (exact) mass is 586 g/mol. The molecule has 3 unspecified atom stereocenters. The molecule has 0 amide bonds. The van der Waals surface area contributed by atoms with Crippen LogP contribution in [0.4, 0.5) is 13.2 Å². The van der Waals surface area contributed by atoms with Gasteiger partial charge in [-0.1, -0.05) is 30.3 Å². The van der Waals surface area contributed by atoms with Crippen molar-refractivity contribution in [2.45, 2.75) is 64.2 Å². The summed E-state index contributed by atoms with van der Waals surface area (Å²) in [6.45, 7) is 6.75. The highest BCUT2D eigenvalue weighted by Crippen LogP contribution is 2.39.